The summed E-state index contributed by atoms with van der Waals surface area (Å²) < 4.78 is 1.66. The number of carboxylic acids is 2. The molecule has 0 amide bonds. The first-order valence-electron chi connectivity index (χ1n) is 9.48. The van der Waals surface area contributed by atoms with Crippen LogP contribution in [0.2, 0.25) is 0 Å². The molecule has 0 aliphatic heterocycles. The van der Waals surface area contributed by atoms with Crippen LogP contribution >= 0.6 is 0 Å². The van der Waals surface area contributed by atoms with Crippen LogP contribution in [0.1, 0.15) is 12.8 Å². The summed E-state index contributed by atoms with van der Waals surface area (Å²) >= 11 is 0. The zero-order valence-electron chi connectivity index (χ0n) is 16.8. The number of para-hydroxylation sites is 2. The van der Waals surface area contributed by atoms with Gasteiger partial charge >= 0.3 is 11.9 Å². The van der Waals surface area contributed by atoms with Crippen LogP contribution in [0.25, 0.3) is 21.8 Å². The molecule has 3 rings (SSSR count). The molecule has 0 radical (unpaired) electrons. The molecule has 164 valence electrons. The van der Waals surface area contributed by atoms with Crippen molar-refractivity contribution in [3.63, 3.8) is 0 Å². The quantitative estimate of drug-likeness (QED) is 0.158. The zero-order chi connectivity index (χ0) is 23.0. The van der Waals surface area contributed by atoms with Crippen molar-refractivity contribution in [3.05, 3.63) is 58.8 Å². The Labute approximate surface area is 177 Å². The number of guanidine groups is 1. The predicted molar refractivity (Wildman–Crippen MR) is 119 cm³/mol. The van der Waals surface area contributed by atoms with Crippen molar-refractivity contribution < 1.29 is 19.8 Å². The van der Waals surface area contributed by atoms with Gasteiger partial charge in [-0.3, -0.25) is 19.4 Å². The van der Waals surface area contributed by atoms with Crippen LogP contribution in [0, 0.1) is 0 Å². The van der Waals surface area contributed by atoms with E-state index in [-0.39, 0.29) is 17.9 Å². The van der Waals surface area contributed by atoms with Gasteiger partial charge in [0.05, 0.1) is 11.0 Å². The first-order valence-corrected chi connectivity index (χ1v) is 9.48. The summed E-state index contributed by atoms with van der Waals surface area (Å²) in [6.07, 6.45) is 0.956. The molecular formula is C21H25N5O5. The minimum Gasteiger partial charge on any atom is -0.480 e. The second kappa shape index (κ2) is 10.7. The number of aliphatic carboxylic acids is 2. The summed E-state index contributed by atoms with van der Waals surface area (Å²) in [6, 6.07) is 13.3. The van der Waals surface area contributed by atoms with Gasteiger partial charge in [-0.05, 0) is 37.1 Å². The molecule has 0 spiro atoms. The van der Waals surface area contributed by atoms with Gasteiger partial charge in [-0.25, -0.2) is 0 Å². The minimum absolute atomic E-state index is 0.0129. The first-order chi connectivity index (χ1) is 14.7. The molecule has 1 aromatic heterocycles. The minimum atomic E-state index is -1.00. The predicted octanol–water partition coefficient (Wildman–Crippen LogP) is 0.691. The highest BCUT2D eigenvalue weighted by atomic mass is 16.4. The largest absolute Gasteiger partial charge is 0.480 e. The second-order valence-electron chi connectivity index (χ2n) is 6.74. The summed E-state index contributed by atoms with van der Waals surface area (Å²) in [4.78, 5) is 37.3. The van der Waals surface area contributed by atoms with E-state index in [2.05, 4.69) is 4.99 Å². The SMILES string of the molecule is NC(N)=NCCC[C@H](N)C(=O)O.O=C(O)Cn1c2ccccc2c(=O)c2ccccc21. The van der Waals surface area contributed by atoms with Crippen molar-refractivity contribution in [2.24, 2.45) is 22.2 Å². The van der Waals surface area contributed by atoms with Crippen LogP contribution in [-0.4, -0.2) is 45.3 Å². The fourth-order valence-corrected chi connectivity index (χ4v) is 3.03. The summed E-state index contributed by atoms with van der Waals surface area (Å²) in [5.74, 6) is -1.92. The van der Waals surface area contributed by atoms with E-state index in [1.165, 1.54) is 0 Å². The van der Waals surface area contributed by atoms with Crippen LogP contribution in [0.5, 0.6) is 0 Å². The summed E-state index contributed by atoms with van der Waals surface area (Å²) in [5.41, 5.74) is 16.6. The fourth-order valence-electron chi connectivity index (χ4n) is 3.03. The van der Waals surface area contributed by atoms with Gasteiger partial charge in [0, 0.05) is 17.3 Å². The second-order valence-corrected chi connectivity index (χ2v) is 6.74. The van der Waals surface area contributed by atoms with Crippen LogP contribution < -0.4 is 22.6 Å². The Morgan fingerprint density at radius 2 is 1.48 bits per heavy atom. The molecule has 8 N–H and O–H groups in total. The Hall–Kier alpha value is -3.92. The van der Waals surface area contributed by atoms with E-state index in [0.717, 1.165) is 0 Å². The molecule has 1 atom stereocenters. The molecule has 0 aliphatic carbocycles. The van der Waals surface area contributed by atoms with E-state index >= 15 is 0 Å². The number of nitrogens with zero attached hydrogens (tertiary/aromatic N) is 2. The van der Waals surface area contributed by atoms with Gasteiger partial charge in [0.25, 0.3) is 0 Å². The smallest absolute Gasteiger partial charge is 0.323 e. The van der Waals surface area contributed by atoms with Gasteiger partial charge in [0.2, 0.25) is 0 Å². The van der Waals surface area contributed by atoms with Crippen molar-refractivity contribution in [1.82, 2.24) is 4.57 Å². The highest BCUT2D eigenvalue weighted by molar-refractivity contribution is 5.94. The van der Waals surface area contributed by atoms with Gasteiger partial charge in [-0.1, -0.05) is 24.3 Å². The number of aliphatic imine (C=N–C) groups is 1. The maximum atomic E-state index is 12.4. The van der Waals surface area contributed by atoms with E-state index in [4.69, 9.17) is 27.4 Å². The number of aromatic nitrogens is 1. The van der Waals surface area contributed by atoms with Gasteiger partial charge in [-0.2, -0.15) is 0 Å². The van der Waals surface area contributed by atoms with Gasteiger partial charge in [0.15, 0.2) is 11.4 Å². The van der Waals surface area contributed by atoms with Crippen LogP contribution in [0.4, 0.5) is 0 Å². The van der Waals surface area contributed by atoms with Crippen LogP contribution in [0.15, 0.2) is 58.3 Å². The van der Waals surface area contributed by atoms with Crippen molar-refractivity contribution in [2.75, 3.05) is 6.54 Å². The molecule has 3 aromatic rings. The zero-order valence-corrected chi connectivity index (χ0v) is 16.8. The third-order valence-electron chi connectivity index (χ3n) is 4.46. The Kier molecular flexibility index (Phi) is 8.09. The molecule has 10 nitrogen and oxygen atoms in total. The highest BCUT2D eigenvalue weighted by Crippen LogP contribution is 2.18. The number of benzene rings is 2. The van der Waals surface area contributed by atoms with Gasteiger partial charge < -0.3 is 32.0 Å². The van der Waals surface area contributed by atoms with Gasteiger partial charge in [0.1, 0.15) is 12.6 Å². The normalized spacial score (nSPS) is 11.4. The van der Waals surface area contributed by atoms with E-state index in [0.29, 0.717) is 41.2 Å². The van der Waals surface area contributed by atoms with E-state index in [9.17, 15) is 14.4 Å². The van der Waals surface area contributed by atoms with Crippen molar-refractivity contribution in [1.29, 1.82) is 0 Å². The number of carboxylic acid groups (broad SMARTS) is 2. The average molecular weight is 427 g/mol. The summed E-state index contributed by atoms with van der Waals surface area (Å²) in [5, 5.41) is 18.5. The molecule has 2 aromatic carbocycles. The Bertz CT molecular complexity index is 1110. The monoisotopic (exact) mass is 427 g/mol. The number of pyridine rings is 1. The number of hydrogen-bond donors (Lipinski definition) is 5. The number of fused-ring (bicyclic) bond motifs is 2. The molecule has 31 heavy (non-hydrogen) atoms. The molecule has 10 heteroatoms. The van der Waals surface area contributed by atoms with Crippen LogP contribution in [0.3, 0.4) is 0 Å². The Balaban J connectivity index is 0.000000248. The van der Waals surface area contributed by atoms with E-state index < -0.39 is 18.0 Å². The lowest BCUT2D eigenvalue weighted by atomic mass is 10.1. The van der Waals surface area contributed by atoms with E-state index in [1.807, 2.05) is 0 Å². The topological polar surface area (TPSA) is 187 Å². The van der Waals surface area contributed by atoms with Crippen molar-refractivity contribution >= 4 is 39.7 Å². The maximum absolute atomic E-state index is 12.4. The van der Waals surface area contributed by atoms with Gasteiger partial charge in [-0.15, -0.1) is 0 Å². The Morgan fingerprint density at radius 1 is 0.968 bits per heavy atom. The number of nitrogens with two attached hydrogens (primary N) is 3. The first kappa shape index (κ1) is 23.4. The Morgan fingerprint density at radius 3 is 1.94 bits per heavy atom. The number of carbonyl (C=O) groups is 2. The third-order valence-corrected chi connectivity index (χ3v) is 4.46. The third kappa shape index (κ3) is 6.28. The molecule has 1 heterocycles. The molecule has 0 fully saturated rings. The van der Waals surface area contributed by atoms with Crippen molar-refractivity contribution in [2.45, 2.75) is 25.4 Å². The fraction of sp³-hybridized carbons (Fsp3) is 0.238. The van der Waals surface area contributed by atoms with Crippen molar-refractivity contribution in [3.8, 4) is 0 Å². The van der Waals surface area contributed by atoms with E-state index in [1.54, 1.807) is 53.1 Å². The lowest BCUT2D eigenvalue weighted by Gasteiger charge is -2.12. The molecule has 0 unspecified atom stereocenters. The molecule has 0 saturated carbocycles. The standard InChI is InChI=1S/C15H11NO3.C6H14N4O2/c17-14(18)9-16-12-7-3-1-5-10(12)15(19)11-6-2-4-8-13(11)16;7-4(5(11)12)2-1-3-10-6(8)9/h1-8H,9H2,(H,17,18);4H,1-3,7H2,(H,11,12)(H4,8,9,10)/t;4-/m.0/s1. The summed E-state index contributed by atoms with van der Waals surface area (Å²) in [6.45, 7) is 0.255. The molecule has 0 aliphatic rings. The molecule has 0 saturated heterocycles. The average Bonchev–Trinajstić information content (AvgIpc) is 2.74. The number of rotatable bonds is 7. The number of hydrogen-bond acceptors (Lipinski definition) is 5. The maximum Gasteiger partial charge on any atom is 0.323 e. The molecular weight excluding hydrogens is 402 g/mol. The lowest BCUT2D eigenvalue weighted by Crippen LogP contribution is -2.30. The highest BCUT2D eigenvalue weighted by Gasteiger charge is 2.12. The lowest BCUT2D eigenvalue weighted by molar-refractivity contribution is -0.139. The van der Waals surface area contributed by atoms with Crippen LogP contribution in [-0.2, 0) is 16.1 Å². The molecule has 0 bridgehead atoms. The summed E-state index contributed by atoms with van der Waals surface area (Å²) in [7, 11) is 0.